The van der Waals surface area contributed by atoms with Crippen LogP contribution in [0, 0.1) is 20.8 Å². The van der Waals surface area contributed by atoms with Gasteiger partial charge in [0.25, 0.3) is 0 Å². The topological polar surface area (TPSA) is 49.4 Å². The molecule has 4 rings (SSSR count). The molecule has 4 nitrogen and oxygen atoms in total. The monoisotopic (exact) mass is 482 g/mol. The van der Waals surface area contributed by atoms with Crippen molar-refractivity contribution in [2.24, 2.45) is 0 Å². The molecule has 0 spiro atoms. The van der Waals surface area contributed by atoms with Crippen LogP contribution in [0.1, 0.15) is 59.1 Å². The Kier molecular flexibility index (Phi) is 8.58. The number of amides is 2. The molecule has 0 aromatic heterocycles. The third-order valence-corrected chi connectivity index (χ3v) is 7.33. The molecule has 3 aromatic carbocycles. The average molecular weight is 483 g/mol. The molecule has 36 heavy (non-hydrogen) atoms. The molecule has 1 fully saturated rings. The molecular weight excluding hydrogens is 444 g/mol. The van der Waals surface area contributed by atoms with Gasteiger partial charge in [0.15, 0.2) is 0 Å². The lowest BCUT2D eigenvalue weighted by Crippen LogP contribution is -2.52. The van der Waals surface area contributed by atoms with Gasteiger partial charge in [-0.15, -0.1) is 0 Å². The highest BCUT2D eigenvalue weighted by Crippen LogP contribution is 2.21. The van der Waals surface area contributed by atoms with Gasteiger partial charge in [-0.3, -0.25) is 9.59 Å². The summed E-state index contributed by atoms with van der Waals surface area (Å²) in [6, 6.07) is 24.0. The molecule has 1 aliphatic rings. The summed E-state index contributed by atoms with van der Waals surface area (Å²) in [5.74, 6) is -0.0749. The highest BCUT2D eigenvalue weighted by Gasteiger charge is 2.32. The van der Waals surface area contributed by atoms with Crippen LogP contribution >= 0.6 is 0 Å². The number of carbonyl (C=O) groups is 2. The second-order valence-corrected chi connectivity index (χ2v) is 10.3. The lowest BCUT2D eigenvalue weighted by molar-refractivity contribution is -0.141. The van der Waals surface area contributed by atoms with E-state index in [9.17, 15) is 9.59 Å². The molecule has 3 aromatic rings. The first kappa shape index (κ1) is 25.7. The van der Waals surface area contributed by atoms with Crippen LogP contribution in [0.15, 0.2) is 72.8 Å². The van der Waals surface area contributed by atoms with Crippen LogP contribution in [-0.4, -0.2) is 28.8 Å². The first-order valence-electron chi connectivity index (χ1n) is 13.1. The van der Waals surface area contributed by atoms with E-state index in [0.717, 1.165) is 47.9 Å². The van der Waals surface area contributed by atoms with Crippen molar-refractivity contribution in [1.82, 2.24) is 10.2 Å². The lowest BCUT2D eigenvalue weighted by atomic mass is 9.99. The SMILES string of the molecule is Cc1cccc(CN(C(=O)Cc2ccc(C)c(C)c2)[C@H](Cc2ccccc2)C(=O)NC2CCCC2)c1. The van der Waals surface area contributed by atoms with Crippen molar-refractivity contribution in [1.29, 1.82) is 0 Å². The predicted octanol–water partition coefficient (Wildman–Crippen LogP) is 5.85. The third kappa shape index (κ3) is 6.84. The van der Waals surface area contributed by atoms with Gasteiger partial charge in [0, 0.05) is 19.0 Å². The van der Waals surface area contributed by atoms with E-state index in [1.54, 1.807) is 4.90 Å². The number of nitrogens with one attached hydrogen (secondary N) is 1. The summed E-state index contributed by atoms with van der Waals surface area (Å²) < 4.78 is 0. The van der Waals surface area contributed by atoms with Crippen molar-refractivity contribution >= 4 is 11.8 Å². The minimum absolute atomic E-state index is 0.0257. The Balaban J connectivity index is 1.66. The zero-order chi connectivity index (χ0) is 25.5. The normalized spacial score (nSPS) is 14.4. The predicted molar refractivity (Wildman–Crippen MR) is 146 cm³/mol. The first-order chi connectivity index (χ1) is 17.4. The fourth-order valence-electron chi connectivity index (χ4n) is 5.12. The highest BCUT2D eigenvalue weighted by atomic mass is 16.2. The molecule has 188 valence electrons. The van der Waals surface area contributed by atoms with E-state index in [-0.39, 0.29) is 24.3 Å². The van der Waals surface area contributed by atoms with Crippen LogP contribution < -0.4 is 5.32 Å². The summed E-state index contributed by atoms with van der Waals surface area (Å²) >= 11 is 0. The zero-order valence-corrected chi connectivity index (χ0v) is 21.8. The van der Waals surface area contributed by atoms with Gasteiger partial charge in [-0.2, -0.15) is 0 Å². The maximum absolute atomic E-state index is 13.9. The minimum Gasteiger partial charge on any atom is -0.352 e. The maximum Gasteiger partial charge on any atom is 0.243 e. The highest BCUT2D eigenvalue weighted by molar-refractivity contribution is 5.89. The van der Waals surface area contributed by atoms with Crippen LogP contribution in [0.25, 0.3) is 0 Å². The average Bonchev–Trinajstić information content (AvgIpc) is 3.37. The summed E-state index contributed by atoms with van der Waals surface area (Å²) in [5.41, 5.74) is 6.59. The van der Waals surface area contributed by atoms with Gasteiger partial charge in [-0.1, -0.05) is 91.2 Å². The van der Waals surface area contributed by atoms with Crippen molar-refractivity contribution in [3.8, 4) is 0 Å². The first-order valence-corrected chi connectivity index (χ1v) is 13.1. The molecule has 4 heteroatoms. The smallest absolute Gasteiger partial charge is 0.243 e. The van der Waals surface area contributed by atoms with Crippen LogP contribution in [-0.2, 0) is 29.0 Å². The van der Waals surface area contributed by atoms with Crippen molar-refractivity contribution < 1.29 is 9.59 Å². The van der Waals surface area contributed by atoms with Crippen LogP contribution in [0.3, 0.4) is 0 Å². The summed E-state index contributed by atoms with van der Waals surface area (Å²) in [7, 11) is 0. The number of hydrogen-bond donors (Lipinski definition) is 1. The Hall–Kier alpha value is -3.40. The largest absolute Gasteiger partial charge is 0.352 e. The molecule has 2 amide bonds. The minimum atomic E-state index is -0.576. The molecular formula is C32H38N2O2. The summed E-state index contributed by atoms with van der Waals surface area (Å²) in [5, 5.41) is 3.28. The van der Waals surface area contributed by atoms with E-state index in [1.165, 1.54) is 11.1 Å². The Morgan fingerprint density at radius 2 is 1.56 bits per heavy atom. The second-order valence-electron chi connectivity index (χ2n) is 10.3. The molecule has 1 saturated carbocycles. The molecule has 0 radical (unpaired) electrons. The number of rotatable bonds is 9. The van der Waals surface area contributed by atoms with Gasteiger partial charge < -0.3 is 10.2 Å². The van der Waals surface area contributed by atoms with E-state index >= 15 is 0 Å². The molecule has 0 unspecified atom stereocenters. The summed E-state index contributed by atoms with van der Waals surface area (Å²) in [4.78, 5) is 29.5. The van der Waals surface area contributed by atoms with Crippen LogP contribution in [0.2, 0.25) is 0 Å². The molecule has 0 bridgehead atoms. The third-order valence-electron chi connectivity index (χ3n) is 7.33. The number of benzene rings is 3. The molecule has 1 aliphatic carbocycles. The van der Waals surface area contributed by atoms with Gasteiger partial charge in [0.1, 0.15) is 6.04 Å². The second kappa shape index (κ2) is 12.0. The van der Waals surface area contributed by atoms with Gasteiger partial charge >= 0.3 is 0 Å². The van der Waals surface area contributed by atoms with E-state index < -0.39 is 6.04 Å². The van der Waals surface area contributed by atoms with Gasteiger partial charge in [0.2, 0.25) is 11.8 Å². The Morgan fingerprint density at radius 1 is 0.833 bits per heavy atom. The van der Waals surface area contributed by atoms with E-state index in [1.807, 2.05) is 48.5 Å². The standard InChI is InChI=1S/C32H38N2O2/c1-23-10-9-13-28(18-23)22-34(31(35)21-27-17-16-24(2)25(3)19-27)30(20-26-11-5-4-6-12-26)32(36)33-29-14-7-8-15-29/h4-6,9-13,16-19,29-30H,7-8,14-15,20-22H2,1-3H3,(H,33,36)/t30-/m1/s1. The fraction of sp³-hybridized carbons (Fsp3) is 0.375. The van der Waals surface area contributed by atoms with Gasteiger partial charge in [-0.05, 0) is 61.4 Å². The van der Waals surface area contributed by atoms with Crippen molar-refractivity contribution in [2.75, 3.05) is 0 Å². The maximum atomic E-state index is 13.9. The summed E-state index contributed by atoms with van der Waals surface area (Å²) in [6.45, 7) is 6.61. The number of hydrogen-bond acceptors (Lipinski definition) is 2. The van der Waals surface area contributed by atoms with E-state index in [2.05, 4.69) is 50.4 Å². The number of aryl methyl sites for hydroxylation is 3. The quantitative estimate of drug-likeness (QED) is 0.416. The van der Waals surface area contributed by atoms with Gasteiger partial charge in [0.05, 0.1) is 6.42 Å². The number of nitrogens with zero attached hydrogens (tertiary/aromatic N) is 1. The molecule has 0 saturated heterocycles. The zero-order valence-electron chi connectivity index (χ0n) is 21.8. The van der Waals surface area contributed by atoms with E-state index in [4.69, 9.17) is 0 Å². The molecule has 0 heterocycles. The Bertz CT molecular complexity index is 1180. The lowest BCUT2D eigenvalue weighted by Gasteiger charge is -2.32. The summed E-state index contributed by atoms with van der Waals surface area (Å²) in [6.07, 6.45) is 5.08. The fourth-order valence-corrected chi connectivity index (χ4v) is 5.12. The molecule has 0 aliphatic heterocycles. The van der Waals surface area contributed by atoms with Crippen LogP contribution in [0.5, 0.6) is 0 Å². The van der Waals surface area contributed by atoms with Gasteiger partial charge in [-0.25, -0.2) is 0 Å². The Labute approximate surface area is 215 Å². The van der Waals surface area contributed by atoms with Crippen molar-refractivity contribution in [3.63, 3.8) is 0 Å². The van der Waals surface area contributed by atoms with E-state index in [0.29, 0.717) is 13.0 Å². The molecule has 1 N–H and O–H groups in total. The molecule has 1 atom stereocenters. The number of carbonyl (C=O) groups excluding carboxylic acids is 2. The van der Waals surface area contributed by atoms with Crippen molar-refractivity contribution in [3.05, 3.63) is 106 Å². The van der Waals surface area contributed by atoms with Crippen LogP contribution in [0.4, 0.5) is 0 Å². The van der Waals surface area contributed by atoms with Crippen molar-refractivity contribution in [2.45, 2.75) is 77.9 Å². The Morgan fingerprint density at radius 3 is 2.25 bits per heavy atom.